The van der Waals surface area contributed by atoms with Gasteiger partial charge in [-0.2, -0.15) is 5.10 Å². The molecule has 0 spiro atoms. The quantitative estimate of drug-likeness (QED) is 0.707. The van der Waals surface area contributed by atoms with E-state index >= 15 is 0 Å². The van der Waals surface area contributed by atoms with E-state index in [0.717, 1.165) is 25.7 Å². The van der Waals surface area contributed by atoms with Crippen LogP contribution in [0.15, 0.2) is 41.6 Å². The SMILES string of the molecule is O=C(NCCn1ncc2c(=O)n(Cc3cccc(F)c3)cnc21)C1CCCC1. The Bertz CT molecular complexity index is 1050. The van der Waals surface area contributed by atoms with Crippen LogP contribution >= 0.6 is 0 Å². The molecule has 1 saturated carbocycles. The van der Waals surface area contributed by atoms with Gasteiger partial charge in [-0.1, -0.05) is 25.0 Å². The zero-order valence-electron chi connectivity index (χ0n) is 15.5. The van der Waals surface area contributed by atoms with Crippen LogP contribution in [0.1, 0.15) is 31.2 Å². The molecule has 0 unspecified atom stereocenters. The maximum absolute atomic E-state index is 13.4. The van der Waals surface area contributed by atoms with E-state index in [-0.39, 0.29) is 29.7 Å². The second-order valence-electron chi connectivity index (χ2n) is 7.18. The Balaban J connectivity index is 1.45. The second kappa shape index (κ2) is 7.92. The van der Waals surface area contributed by atoms with E-state index in [4.69, 9.17) is 0 Å². The number of carbonyl (C=O) groups excluding carboxylic acids is 1. The zero-order valence-corrected chi connectivity index (χ0v) is 15.5. The van der Waals surface area contributed by atoms with Gasteiger partial charge in [0.2, 0.25) is 5.91 Å². The first-order chi connectivity index (χ1) is 13.6. The van der Waals surface area contributed by atoms with Crippen LogP contribution in [0.25, 0.3) is 11.0 Å². The van der Waals surface area contributed by atoms with Crippen molar-refractivity contribution in [1.82, 2.24) is 24.6 Å². The Morgan fingerprint density at radius 3 is 2.89 bits per heavy atom. The molecule has 1 amide bonds. The molecule has 0 atom stereocenters. The van der Waals surface area contributed by atoms with Gasteiger partial charge in [0.25, 0.3) is 5.56 Å². The van der Waals surface area contributed by atoms with Crippen LogP contribution in [0.2, 0.25) is 0 Å². The van der Waals surface area contributed by atoms with E-state index in [0.29, 0.717) is 29.7 Å². The van der Waals surface area contributed by atoms with E-state index in [9.17, 15) is 14.0 Å². The molecule has 0 aliphatic heterocycles. The molecule has 146 valence electrons. The topological polar surface area (TPSA) is 81.8 Å². The number of amides is 1. The minimum Gasteiger partial charge on any atom is -0.354 e. The van der Waals surface area contributed by atoms with Crippen molar-refractivity contribution in [2.45, 2.75) is 38.8 Å². The molecule has 4 rings (SSSR count). The molecule has 1 aromatic carbocycles. The third kappa shape index (κ3) is 3.81. The van der Waals surface area contributed by atoms with Gasteiger partial charge in [0.1, 0.15) is 17.5 Å². The molecule has 3 aromatic rings. The van der Waals surface area contributed by atoms with Gasteiger partial charge in [-0.3, -0.25) is 14.2 Å². The number of aromatic nitrogens is 4. The Morgan fingerprint density at radius 2 is 2.11 bits per heavy atom. The summed E-state index contributed by atoms with van der Waals surface area (Å²) in [6.45, 7) is 1.13. The molecule has 1 aliphatic carbocycles. The summed E-state index contributed by atoms with van der Waals surface area (Å²) in [5.41, 5.74) is 0.941. The van der Waals surface area contributed by atoms with Crippen LogP contribution in [-0.4, -0.2) is 31.8 Å². The van der Waals surface area contributed by atoms with Crippen molar-refractivity contribution in [3.63, 3.8) is 0 Å². The van der Waals surface area contributed by atoms with Gasteiger partial charge in [-0.25, -0.2) is 14.1 Å². The molecule has 0 radical (unpaired) electrons. The lowest BCUT2D eigenvalue weighted by atomic mass is 10.1. The summed E-state index contributed by atoms with van der Waals surface area (Å²) in [5, 5.41) is 7.59. The van der Waals surface area contributed by atoms with Crippen molar-refractivity contribution in [2.24, 2.45) is 5.92 Å². The first kappa shape index (κ1) is 18.3. The second-order valence-corrected chi connectivity index (χ2v) is 7.18. The van der Waals surface area contributed by atoms with E-state index < -0.39 is 0 Å². The molecule has 0 saturated heterocycles. The third-order valence-electron chi connectivity index (χ3n) is 5.21. The van der Waals surface area contributed by atoms with Gasteiger partial charge >= 0.3 is 0 Å². The van der Waals surface area contributed by atoms with Crippen LogP contribution in [0, 0.1) is 11.7 Å². The summed E-state index contributed by atoms with van der Waals surface area (Å²) in [7, 11) is 0. The Hall–Kier alpha value is -3.03. The van der Waals surface area contributed by atoms with E-state index in [2.05, 4.69) is 15.4 Å². The zero-order chi connectivity index (χ0) is 19.5. The van der Waals surface area contributed by atoms with Gasteiger partial charge in [-0.05, 0) is 30.5 Å². The van der Waals surface area contributed by atoms with Gasteiger partial charge in [0.15, 0.2) is 5.65 Å². The van der Waals surface area contributed by atoms with Gasteiger partial charge in [-0.15, -0.1) is 0 Å². The highest BCUT2D eigenvalue weighted by molar-refractivity contribution is 5.78. The summed E-state index contributed by atoms with van der Waals surface area (Å²) in [4.78, 5) is 29.1. The number of hydrogen-bond acceptors (Lipinski definition) is 4. The Labute approximate surface area is 161 Å². The summed E-state index contributed by atoms with van der Waals surface area (Å²) < 4.78 is 16.4. The van der Waals surface area contributed by atoms with Gasteiger partial charge in [0.05, 0.1) is 19.3 Å². The highest BCUT2D eigenvalue weighted by Crippen LogP contribution is 2.24. The Morgan fingerprint density at radius 1 is 1.29 bits per heavy atom. The van der Waals surface area contributed by atoms with Crippen molar-refractivity contribution in [3.05, 3.63) is 58.5 Å². The summed E-state index contributed by atoms with van der Waals surface area (Å²) in [6.07, 6.45) is 7.10. The summed E-state index contributed by atoms with van der Waals surface area (Å²) in [6, 6.07) is 6.13. The van der Waals surface area contributed by atoms with Crippen LogP contribution in [0.3, 0.4) is 0 Å². The van der Waals surface area contributed by atoms with Crippen molar-refractivity contribution in [2.75, 3.05) is 6.54 Å². The number of nitrogens with one attached hydrogen (secondary N) is 1. The van der Waals surface area contributed by atoms with Crippen molar-refractivity contribution in [3.8, 4) is 0 Å². The predicted octanol–water partition coefficient (Wildman–Crippen LogP) is 2.09. The molecule has 7 nitrogen and oxygen atoms in total. The van der Waals surface area contributed by atoms with E-state index in [1.807, 2.05) is 0 Å². The highest BCUT2D eigenvalue weighted by Gasteiger charge is 2.22. The highest BCUT2D eigenvalue weighted by atomic mass is 19.1. The van der Waals surface area contributed by atoms with Gasteiger partial charge < -0.3 is 5.32 Å². The van der Waals surface area contributed by atoms with Crippen LogP contribution < -0.4 is 10.9 Å². The Kier molecular flexibility index (Phi) is 5.18. The minimum atomic E-state index is -0.341. The fraction of sp³-hybridized carbons (Fsp3) is 0.400. The van der Waals surface area contributed by atoms with Crippen molar-refractivity contribution >= 4 is 16.9 Å². The normalized spacial score (nSPS) is 14.6. The molecule has 8 heteroatoms. The predicted molar refractivity (Wildman–Crippen MR) is 102 cm³/mol. The number of hydrogen-bond donors (Lipinski definition) is 1. The maximum atomic E-state index is 13.4. The van der Waals surface area contributed by atoms with Crippen molar-refractivity contribution in [1.29, 1.82) is 0 Å². The fourth-order valence-electron chi connectivity index (χ4n) is 3.72. The van der Waals surface area contributed by atoms with Crippen LogP contribution in [-0.2, 0) is 17.9 Å². The molecule has 2 aromatic heterocycles. The lowest BCUT2D eigenvalue weighted by Crippen LogP contribution is -2.32. The lowest BCUT2D eigenvalue weighted by molar-refractivity contribution is -0.124. The number of benzene rings is 1. The van der Waals surface area contributed by atoms with Gasteiger partial charge in [0, 0.05) is 12.5 Å². The molecule has 1 aliphatic rings. The molecule has 28 heavy (non-hydrogen) atoms. The monoisotopic (exact) mass is 383 g/mol. The van der Waals surface area contributed by atoms with Crippen molar-refractivity contribution < 1.29 is 9.18 Å². The molecular weight excluding hydrogens is 361 g/mol. The largest absolute Gasteiger partial charge is 0.354 e. The number of nitrogens with zero attached hydrogens (tertiary/aromatic N) is 4. The average molecular weight is 383 g/mol. The van der Waals surface area contributed by atoms with Crippen LogP contribution in [0.4, 0.5) is 4.39 Å². The smallest absolute Gasteiger partial charge is 0.264 e. The number of rotatable bonds is 6. The van der Waals surface area contributed by atoms with E-state index in [1.54, 1.807) is 16.8 Å². The molecule has 2 heterocycles. The molecule has 1 fully saturated rings. The number of carbonyl (C=O) groups is 1. The minimum absolute atomic E-state index is 0.0966. The van der Waals surface area contributed by atoms with E-state index in [1.165, 1.54) is 29.2 Å². The van der Waals surface area contributed by atoms with Crippen LogP contribution in [0.5, 0.6) is 0 Å². The summed E-state index contributed by atoms with van der Waals surface area (Å²) in [5.74, 6) is -0.117. The maximum Gasteiger partial charge on any atom is 0.264 e. The molecule has 1 N–H and O–H groups in total. The first-order valence-corrected chi connectivity index (χ1v) is 9.55. The summed E-state index contributed by atoms with van der Waals surface area (Å²) >= 11 is 0. The molecule has 0 bridgehead atoms. The fourth-order valence-corrected chi connectivity index (χ4v) is 3.72. The standard InChI is InChI=1S/C20H22FN5O2/c21-16-7-3-4-14(10-16)12-25-13-23-18-17(20(25)28)11-24-26(18)9-8-22-19(27)15-5-1-2-6-15/h3-4,7,10-11,13,15H,1-2,5-6,8-9,12H2,(H,22,27). The lowest BCUT2D eigenvalue weighted by Gasteiger charge is -2.10. The third-order valence-corrected chi connectivity index (χ3v) is 5.21. The average Bonchev–Trinajstić information content (AvgIpc) is 3.35. The molecular formula is C20H22FN5O2. The number of fused-ring (bicyclic) bond motifs is 1. The first-order valence-electron chi connectivity index (χ1n) is 9.55. The number of halogens is 1.